The lowest BCUT2D eigenvalue weighted by molar-refractivity contribution is 0.0940. The van der Waals surface area contributed by atoms with Crippen LogP contribution in [-0.2, 0) is 0 Å². The number of carbonyl (C=O) groups excluding carboxylic acids is 1. The van der Waals surface area contributed by atoms with Crippen molar-refractivity contribution in [3.8, 4) is 0 Å². The van der Waals surface area contributed by atoms with Gasteiger partial charge in [0, 0.05) is 22.8 Å². The van der Waals surface area contributed by atoms with Gasteiger partial charge in [-0.05, 0) is 32.9 Å². The lowest BCUT2D eigenvalue weighted by Crippen LogP contribution is -2.26. The van der Waals surface area contributed by atoms with Gasteiger partial charge >= 0.3 is 0 Å². The number of aromatic nitrogens is 2. The second-order valence-corrected chi connectivity index (χ2v) is 5.35. The third-order valence-corrected chi connectivity index (χ3v) is 3.88. The van der Waals surface area contributed by atoms with Crippen molar-refractivity contribution in [3.05, 3.63) is 45.7 Å². The summed E-state index contributed by atoms with van der Waals surface area (Å²) < 4.78 is 0. The average molecular weight is 261 g/mol. The number of rotatable bonds is 3. The molecule has 0 aliphatic carbocycles. The van der Waals surface area contributed by atoms with Gasteiger partial charge in [0.1, 0.15) is 0 Å². The molecule has 1 amide bonds. The molecule has 0 fully saturated rings. The molecule has 0 saturated heterocycles. The zero-order chi connectivity index (χ0) is 13.1. The van der Waals surface area contributed by atoms with Crippen LogP contribution in [0.15, 0.2) is 24.5 Å². The number of hydrogen-bond donors (Lipinski definition) is 1. The van der Waals surface area contributed by atoms with Crippen LogP contribution in [0.3, 0.4) is 0 Å². The highest BCUT2D eigenvalue weighted by molar-refractivity contribution is 7.11. The molecule has 0 aliphatic rings. The molecule has 0 saturated carbocycles. The lowest BCUT2D eigenvalue weighted by Gasteiger charge is -2.12. The minimum atomic E-state index is -0.0876. The number of pyridine rings is 1. The van der Waals surface area contributed by atoms with Crippen molar-refractivity contribution in [1.82, 2.24) is 15.3 Å². The maximum absolute atomic E-state index is 12.0. The van der Waals surface area contributed by atoms with Gasteiger partial charge < -0.3 is 5.32 Å². The molecule has 1 N–H and O–H groups in total. The van der Waals surface area contributed by atoms with Gasteiger partial charge in [0.25, 0.3) is 5.91 Å². The van der Waals surface area contributed by atoms with Crippen LogP contribution in [0.1, 0.15) is 38.9 Å². The fourth-order valence-electron chi connectivity index (χ4n) is 1.80. The zero-order valence-electron chi connectivity index (χ0n) is 10.6. The van der Waals surface area contributed by atoms with Crippen LogP contribution in [0.5, 0.6) is 0 Å². The van der Waals surface area contributed by atoms with Crippen LogP contribution < -0.4 is 5.32 Å². The minimum Gasteiger partial charge on any atom is -0.345 e. The van der Waals surface area contributed by atoms with Crippen molar-refractivity contribution in [2.75, 3.05) is 0 Å². The molecule has 2 heterocycles. The summed E-state index contributed by atoms with van der Waals surface area (Å²) >= 11 is 1.62. The standard InChI is InChI=1S/C13H15N3OS/c1-8-12(18-10(3)15-8)9(2)16-13(17)11-4-6-14-7-5-11/h4-7,9H,1-3H3,(H,16,17). The normalized spacial score (nSPS) is 12.2. The van der Waals surface area contributed by atoms with Gasteiger partial charge in [-0.1, -0.05) is 0 Å². The summed E-state index contributed by atoms with van der Waals surface area (Å²) in [5.74, 6) is -0.0876. The molecule has 1 atom stereocenters. The molecular weight excluding hydrogens is 246 g/mol. The molecule has 0 aliphatic heterocycles. The highest BCUT2D eigenvalue weighted by atomic mass is 32.1. The van der Waals surface area contributed by atoms with Gasteiger partial charge in [0.2, 0.25) is 0 Å². The Balaban J connectivity index is 2.10. The Morgan fingerprint density at radius 2 is 2.00 bits per heavy atom. The molecular formula is C13H15N3OS. The van der Waals surface area contributed by atoms with E-state index in [1.807, 2.05) is 20.8 Å². The van der Waals surface area contributed by atoms with E-state index >= 15 is 0 Å². The first kappa shape index (κ1) is 12.7. The second kappa shape index (κ2) is 5.27. The van der Waals surface area contributed by atoms with Crippen LogP contribution in [-0.4, -0.2) is 15.9 Å². The number of carbonyl (C=O) groups is 1. The summed E-state index contributed by atoms with van der Waals surface area (Å²) in [6, 6.07) is 3.37. The van der Waals surface area contributed by atoms with Crippen molar-refractivity contribution >= 4 is 17.2 Å². The van der Waals surface area contributed by atoms with E-state index in [1.54, 1.807) is 35.9 Å². The summed E-state index contributed by atoms with van der Waals surface area (Å²) in [5.41, 5.74) is 1.61. The number of nitrogens with one attached hydrogen (secondary N) is 1. The van der Waals surface area contributed by atoms with Gasteiger partial charge in [0.15, 0.2) is 0 Å². The quantitative estimate of drug-likeness (QED) is 0.924. The number of nitrogens with zero attached hydrogens (tertiary/aromatic N) is 2. The highest BCUT2D eigenvalue weighted by Gasteiger charge is 2.15. The van der Waals surface area contributed by atoms with E-state index in [0.717, 1.165) is 15.6 Å². The molecule has 2 rings (SSSR count). The lowest BCUT2D eigenvalue weighted by atomic mass is 10.2. The minimum absolute atomic E-state index is 0.0307. The molecule has 18 heavy (non-hydrogen) atoms. The van der Waals surface area contributed by atoms with E-state index < -0.39 is 0 Å². The molecule has 94 valence electrons. The van der Waals surface area contributed by atoms with E-state index in [1.165, 1.54) is 0 Å². The molecule has 0 spiro atoms. The Morgan fingerprint density at radius 3 is 2.56 bits per heavy atom. The summed E-state index contributed by atoms with van der Waals surface area (Å²) in [4.78, 5) is 21.4. The predicted molar refractivity (Wildman–Crippen MR) is 71.7 cm³/mol. The summed E-state index contributed by atoms with van der Waals surface area (Å²) in [7, 11) is 0. The number of aryl methyl sites for hydroxylation is 2. The smallest absolute Gasteiger partial charge is 0.251 e. The average Bonchev–Trinajstić information content (AvgIpc) is 2.69. The monoisotopic (exact) mass is 261 g/mol. The molecule has 0 aromatic carbocycles. The molecule has 4 nitrogen and oxygen atoms in total. The third-order valence-electron chi connectivity index (χ3n) is 2.62. The molecule has 2 aromatic rings. The summed E-state index contributed by atoms with van der Waals surface area (Å²) in [5, 5.41) is 3.99. The number of thiazole rings is 1. The number of hydrogen-bond acceptors (Lipinski definition) is 4. The Kier molecular flexibility index (Phi) is 3.72. The maximum atomic E-state index is 12.0. The molecule has 1 unspecified atom stereocenters. The Bertz CT molecular complexity index is 551. The van der Waals surface area contributed by atoms with E-state index in [-0.39, 0.29) is 11.9 Å². The zero-order valence-corrected chi connectivity index (χ0v) is 11.4. The van der Waals surface area contributed by atoms with E-state index in [9.17, 15) is 4.79 Å². The number of amides is 1. The van der Waals surface area contributed by atoms with Crippen molar-refractivity contribution in [3.63, 3.8) is 0 Å². The first-order chi connectivity index (χ1) is 8.58. The van der Waals surface area contributed by atoms with E-state index in [4.69, 9.17) is 0 Å². The van der Waals surface area contributed by atoms with E-state index in [2.05, 4.69) is 15.3 Å². The fourth-order valence-corrected chi connectivity index (χ4v) is 2.73. The predicted octanol–water partition coefficient (Wildman–Crippen LogP) is 2.65. The van der Waals surface area contributed by atoms with Gasteiger partial charge in [-0.15, -0.1) is 11.3 Å². The van der Waals surface area contributed by atoms with Crippen molar-refractivity contribution < 1.29 is 4.79 Å². The topological polar surface area (TPSA) is 54.9 Å². The Morgan fingerprint density at radius 1 is 1.33 bits per heavy atom. The van der Waals surface area contributed by atoms with Crippen LogP contribution in [0.4, 0.5) is 0 Å². The largest absolute Gasteiger partial charge is 0.345 e. The highest BCUT2D eigenvalue weighted by Crippen LogP contribution is 2.24. The molecule has 5 heteroatoms. The molecule has 2 aromatic heterocycles. The molecule has 0 radical (unpaired) electrons. The summed E-state index contributed by atoms with van der Waals surface area (Å²) in [6.45, 7) is 5.91. The maximum Gasteiger partial charge on any atom is 0.251 e. The van der Waals surface area contributed by atoms with Crippen molar-refractivity contribution in [2.45, 2.75) is 26.8 Å². The van der Waals surface area contributed by atoms with Gasteiger partial charge in [0.05, 0.1) is 16.7 Å². The Hall–Kier alpha value is -1.75. The third kappa shape index (κ3) is 2.73. The van der Waals surface area contributed by atoms with Gasteiger partial charge in [-0.3, -0.25) is 9.78 Å². The van der Waals surface area contributed by atoms with Crippen molar-refractivity contribution in [2.24, 2.45) is 0 Å². The van der Waals surface area contributed by atoms with Crippen LogP contribution in [0.25, 0.3) is 0 Å². The fraction of sp³-hybridized carbons (Fsp3) is 0.308. The van der Waals surface area contributed by atoms with Crippen molar-refractivity contribution in [1.29, 1.82) is 0 Å². The Labute approximate surface area is 110 Å². The van der Waals surface area contributed by atoms with Crippen LogP contribution in [0.2, 0.25) is 0 Å². The second-order valence-electron chi connectivity index (χ2n) is 4.11. The van der Waals surface area contributed by atoms with Crippen LogP contribution >= 0.6 is 11.3 Å². The van der Waals surface area contributed by atoms with E-state index in [0.29, 0.717) is 5.56 Å². The van der Waals surface area contributed by atoms with Crippen LogP contribution in [0, 0.1) is 13.8 Å². The van der Waals surface area contributed by atoms with Gasteiger partial charge in [-0.2, -0.15) is 0 Å². The first-order valence-electron chi connectivity index (χ1n) is 5.72. The van der Waals surface area contributed by atoms with Gasteiger partial charge in [-0.25, -0.2) is 4.98 Å². The SMILES string of the molecule is Cc1nc(C)c(C(C)NC(=O)c2ccncc2)s1. The summed E-state index contributed by atoms with van der Waals surface area (Å²) in [6.07, 6.45) is 3.23. The molecule has 0 bridgehead atoms. The first-order valence-corrected chi connectivity index (χ1v) is 6.54.